The molecule has 10 nitrogen and oxygen atoms in total. The van der Waals surface area contributed by atoms with Crippen LogP contribution in [-0.2, 0) is 11.3 Å². The Morgan fingerprint density at radius 3 is 2.48 bits per heavy atom. The van der Waals surface area contributed by atoms with E-state index in [1.54, 1.807) is 18.0 Å². The molecule has 0 aliphatic heterocycles. The highest BCUT2D eigenvalue weighted by molar-refractivity contribution is 5.60. The van der Waals surface area contributed by atoms with E-state index < -0.39 is 12.8 Å². The Morgan fingerprint density at radius 1 is 1.00 bits per heavy atom. The molecule has 0 aliphatic carbocycles. The molecule has 0 saturated heterocycles. The van der Waals surface area contributed by atoms with E-state index >= 15 is 0 Å². The predicted molar refractivity (Wildman–Crippen MR) is 111 cm³/mol. The number of anilines is 3. The minimum absolute atomic E-state index is 0.0194. The number of rotatable bonds is 7. The smallest absolute Gasteiger partial charge is 0.368 e. The molecule has 0 amide bonds. The Hall–Kier alpha value is -4.13. The molecule has 3 heterocycles. The van der Waals surface area contributed by atoms with E-state index in [1.807, 2.05) is 30.3 Å². The highest BCUT2D eigenvalue weighted by atomic mass is 19.4. The SMILES string of the molecule is CN(c1ccccc1)c1nc(N)nc(-c2noc(-c3ccc(COCC(F)(F)F)nc3)n2)n1. The molecule has 0 unspecified atom stereocenters. The third-order valence-corrected chi connectivity index (χ3v) is 4.30. The van der Waals surface area contributed by atoms with Gasteiger partial charge in [0.05, 0.1) is 17.9 Å². The number of nitrogens with two attached hydrogens (primary N) is 1. The van der Waals surface area contributed by atoms with E-state index in [1.165, 1.54) is 12.3 Å². The number of benzene rings is 1. The monoisotopic (exact) mass is 458 g/mol. The first kappa shape index (κ1) is 22.1. The number of aromatic nitrogens is 6. The number of nitrogens with zero attached hydrogens (tertiary/aromatic N) is 7. The lowest BCUT2D eigenvalue weighted by atomic mass is 10.2. The summed E-state index contributed by atoms with van der Waals surface area (Å²) in [6.45, 7) is -1.63. The van der Waals surface area contributed by atoms with Crippen molar-refractivity contribution < 1.29 is 22.4 Å². The van der Waals surface area contributed by atoms with E-state index in [0.29, 0.717) is 17.2 Å². The molecule has 4 rings (SSSR count). The second-order valence-corrected chi connectivity index (χ2v) is 6.78. The summed E-state index contributed by atoms with van der Waals surface area (Å²) in [5.41, 5.74) is 7.46. The minimum Gasteiger partial charge on any atom is -0.368 e. The molecule has 0 spiro atoms. The van der Waals surface area contributed by atoms with Crippen molar-refractivity contribution in [2.45, 2.75) is 12.8 Å². The summed E-state index contributed by atoms with van der Waals surface area (Å²) in [4.78, 5) is 22.6. The van der Waals surface area contributed by atoms with Gasteiger partial charge in [0, 0.05) is 18.9 Å². The first-order valence-corrected chi connectivity index (χ1v) is 9.53. The van der Waals surface area contributed by atoms with E-state index in [0.717, 1.165) is 5.69 Å². The van der Waals surface area contributed by atoms with Gasteiger partial charge in [0.2, 0.25) is 23.5 Å². The Bertz CT molecular complexity index is 1220. The minimum atomic E-state index is -4.39. The van der Waals surface area contributed by atoms with E-state index in [4.69, 9.17) is 10.3 Å². The van der Waals surface area contributed by atoms with Gasteiger partial charge in [-0.3, -0.25) is 4.98 Å². The Morgan fingerprint density at radius 2 is 1.79 bits per heavy atom. The summed E-state index contributed by atoms with van der Waals surface area (Å²) in [7, 11) is 1.78. The van der Waals surface area contributed by atoms with Crippen LogP contribution < -0.4 is 10.6 Å². The lowest BCUT2D eigenvalue weighted by molar-refractivity contribution is -0.176. The van der Waals surface area contributed by atoms with Gasteiger partial charge in [0.1, 0.15) is 6.61 Å². The Balaban J connectivity index is 1.51. The molecule has 33 heavy (non-hydrogen) atoms. The van der Waals surface area contributed by atoms with Crippen LogP contribution in [0.15, 0.2) is 53.2 Å². The second kappa shape index (κ2) is 9.16. The molecule has 1 aromatic carbocycles. The Labute approximate surface area is 185 Å². The van der Waals surface area contributed by atoms with Crippen molar-refractivity contribution in [2.75, 3.05) is 24.3 Å². The zero-order chi connectivity index (χ0) is 23.4. The summed E-state index contributed by atoms with van der Waals surface area (Å²) in [6, 6.07) is 12.5. The van der Waals surface area contributed by atoms with Crippen LogP contribution in [-0.4, -0.2) is 49.9 Å². The Kier molecular flexibility index (Phi) is 6.13. The largest absolute Gasteiger partial charge is 0.411 e. The van der Waals surface area contributed by atoms with Gasteiger partial charge >= 0.3 is 6.18 Å². The highest BCUT2D eigenvalue weighted by Gasteiger charge is 2.27. The lowest BCUT2D eigenvalue weighted by Crippen LogP contribution is -2.16. The summed E-state index contributed by atoms with van der Waals surface area (Å²) in [5.74, 6) is 0.589. The average Bonchev–Trinajstić information content (AvgIpc) is 3.29. The average molecular weight is 458 g/mol. The maximum absolute atomic E-state index is 12.2. The molecule has 0 atom stereocenters. The third-order valence-electron chi connectivity index (χ3n) is 4.30. The van der Waals surface area contributed by atoms with E-state index in [9.17, 15) is 13.2 Å². The quantitative estimate of drug-likeness (QED) is 0.440. The zero-order valence-corrected chi connectivity index (χ0v) is 17.2. The van der Waals surface area contributed by atoms with Gasteiger partial charge in [0.25, 0.3) is 5.89 Å². The number of para-hydroxylation sites is 1. The van der Waals surface area contributed by atoms with Crippen LogP contribution in [0.25, 0.3) is 23.1 Å². The van der Waals surface area contributed by atoms with Crippen LogP contribution in [0.1, 0.15) is 5.69 Å². The van der Waals surface area contributed by atoms with Crippen LogP contribution in [0.4, 0.5) is 30.8 Å². The normalized spacial score (nSPS) is 11.5. The standard InChI is InChI=1S/C20H17F3N8O2/c1-31(14-5-3-2-4-6-14)19-28-15(27-18(24)29-19)16-26-17(33-30-16)12-7-8-13(25-9-12)10-32-11-20(21,22)23/h2-9H,10-11H2,1H3,(H2,24,27,28,29). The number of hydrogen-bond donors (Lipinski definition) is 1. The van der Waals surface area contributed by atoms with Crippen LogP contribution in [0, 0.1) is 0 Å². The molecule has 0 saturated carbocycles. The molecule has 0 radical (unpaired) electrons. The summed E-state index contributed by atoms with van der Waals surface area (Å²) in [6.07, 6.45) is -3.01. The molecular weight excluding hydrogens is 441 g/mol. The highest BCUT2D eigenvalue weighted by Crippen LogP contribution is 2.24. The molecule has 3 aromatic heterocycles. The van der Waals surface area contributed by atoms with Gasteiger partial charge < -0.3 is 19.9 Å². The second-order valence-electron chi connectivity index (χ2n) is 6.78. The fraction of sp³-hybridized carbons (Fsp3) is 0.200. The molecule has 0 fully saturated rings. The van der Waals surface area contributed by atoms with Crippen molar-refractivity contribution in [2.24, 2.45) is 0 Å². The van der Waals surface area contributed by atoms with Crippen molar-refractivity contribution >= 4 is 17.6 Å². The van der Waals surface area contributed by atoms with Gasteiger partial charge in [-0.2, -0.15) is 33.1 Å². The van der Waals surface area contributed by atoms with Gasteiger partial charge in [0.15, 0.2) is 0 Å². The van der Waals surface area contributed by atoms with Gasteiger partial charge in [-0.25, -0.2) is 0 Å². The maximum atomic E-state index is 12.2. The van der Waals surface area contributed by atoms with Gasteiger partial charge in [-0.1, -0.05) is 23.4 Å². The molecule has 13 heteroatoms. The summed E-state index contributed by atoms with van der Waals surface area (Å²) in [5, 5.41) is 3.89. The van der Waals surface area contributed by atoms with Crippen LogP contribution in [0.5, 0.6) is 0 Å². The molecule has 0 aliphatic rings. The van der Waals surface area contributed by atoms with E-state index in [-0.39, 0.29) is 30.1 Å². The van der Waals surface area contributed by atoms with Crippen LogP contribution in [0.3, 0.4) is 0 Å². The maximum Gasteiger partial charge on any atom is 0.411 e. The first-order valence-electron chi connectivity index (χ1n) is 9.53. The fourth-order valence-corrected chi connectivity index (χ4v) is 2.74. The topological polar surface area (TPSA) is 129 Å². The third kappa shape index (κ3) is 5.57. The molecule has 0 bridgehead atoms. The first-order chi connectivity index (χ1) is 15.8. The number of alkyl halides is 3. The van der Waals surface area contributed by atoms with Crippen molar-refractivity contribution in [3.8, 4) is 23.1 Å². The zero-order valence-electron chi connectivity index (χ0n) is 17.2. The van der Waals surface area contributed by atoms with Gasteiger partial charge in [-0.05, 0) is 24.3 Å². The van der Waals surface area contributed by atoms with Crippen LogP contribution in [0.2, 0.25) is 0 Å². The van der Waals surface area contributed by atoms with E-state index in [2.05, 4.69) is 34.8 Å². The number of ether oxygens (including phenoxy) is 1. The van der Waals surface area contributed by atoms with Crippen molar-refractivity contribution in [1.29, 1.82) is 0 Å². The van der Waals surface area contributed by atoms with Crippen molar-refractivity contribution in [3.63, 3.8) is 0 Å². The predicted octanol–water partition coefficient (Wildman–Crippen LogP) is 3.41. The molecule has 2 N–H and O–H groups in total. The fourth-order valence-electron chi connectivity index (χ4n) is 2.74. The summed E-state index contributed by atoms with van der Waals surface area (Å²) < 4.78 is 46.4. The van der Waals surface area contributed by atoms with Gasteiger partial charge in [-0.15, -0.1) is 0 Å². The number of pyridine rings is 1. The number of hydrogen-bond acceptors (Lipinski definition) is 10. The lowest BCUT2D eigenvalue weighted by Gasteiger charge is -2.17. The number of halogens is 3. The summed E-state index contributed by atoms with van der Waals surface area (Å²) >= 11 is 0. The number of nitrogen functional groups attached to an aromatic ring is 1. The van der Waals surface area contributed by atoms with Crippen LogP contribution >= 0.6 is 0 Å². The molecular formula is C20H17F3N8O2. The van der Waals surface area contributed by atoms with Crippen molar-refractivity contribution in [1.82, 2.24) is 30.1 Å². The molecule has 4 aromatic rings. The van der Waals surface area contributed by atoms with Crippen molar-refractivity contribution in [3.05, 3.63) is 54.4 Å². The molecule has 170 valence electrons.